The fraction of sp³-hybridized carbons (Fsp3) is 0.292. The second kappa shape index (κ2) is 7.98. The highest BCUT2D eigenvalue weighted by Gasteiger charge is 2.28. The molecule has 5 rings (SSSR count). The maximum Gasteiger partial charge on any atom is 0.332 e. The molecular weight excluding hydrogens is 426 g/mol. The molecular formula is C24H24ClN5O2. The fourth-order valence-electron chi connectivity index (χ4n) is 4.36. The largest absolute Gasteiger partial charge is 0.332 e. The van der Waals surface area contributed by atoms with E-state index < -0.39 is 0 Å². The molecule has 0 N–H and O–H groups in total. The van der Waals surface area contributed by atoms with Crippen LogP contribution in [0.5, 0.6) is 0 Å². The molecule has 0 saturated heterocycles. The van der Waals surface area contributed by atoms with Crippen LogP contribution >= 0.6 is 11.6 Å². The van der Waals surface area contributed by atoms with Gasteiger partial charge in [-0.3, -0.25) is 13.9 Å². The molecule has 0 aliphatic carbocycles. The molecule has 1 aliphatic rings. The molecule has 2 aromatic carbocycles. The zero-order valence-corrected chi connectivity index (χ0v) is 18.8. The molecule has 4 aromatic rings. The summed E-state index contributed by atoms with van der Waals surface area (Å²) in [6.45, 7) is 3.64. The minimum atomic E-state index is -0.336. The standard InChI is InChI=1S/C24H24ClN5O2/c1-16-10-11-18(15-19(16)25)28-13-14-29-20-21(26-23(28)29)27(2)24(32)30(22(20)31)12-6-9-17-7-4-3-5-8-17/h3-5,7-8,10-11,15H,6,9,12-14H2,1-2H3. The zero-order valence-electron chi connectivity index (χ0n) is 18.1. The second-order valence-electron chi connectivity index (χ2n) is 8.21. The Kier molecular flexibility index (Phi) is 5.13. The highest BCUT2D eigenvalue weighted by molar-refractivity contribution is 6.31. The molecule has 0 amide bonds. The lowest BCUT2D eigenvalue weighted by Crippen LogP contribution is -2.39. The number of aromatic nitrogens is 4. The number of hydrogen-bond acceptors (Lipinski definition) is 4. The third-order valence-electron chi connectivity index (χ3n) is 6.16. The van der Waals surface area contributed by atoms with Gasteiger partial charge >= 0.3 is 5.69 Å². The Morgan fingerprint density at radius 3 is 2.59 bits per heavy atom. The molecule has 0 unspecified atom stereocenters. The van der Waals surface area contributed by atoms with Crippen molar-refractivity contribution in [3.8, 4) is 0 Å². The van der Waals surface area contributed by atoms with E-state index in [-0.39, 0.29) is 11.2 Å². The van der Waals surface area contributed by atoms with Gasteiger partial charge in [-0.2, -0.15) is 4.98 Å². The Bertz CT molecular complexity index is 1440. The highest BCUT2D eigenvalue weighted by atomic mass is 35.5. The number of anilines is 2. The summed E-state index contributed by atoms with van der Waals surface area (Å²) < 4.78 is 4.73. The van der Waals surface area contributed by atoms with E-state index in [2.05, 4.69) is 17.1 Å². The van der Waals surface area contributed by atoms with Gasteiger partial charge < -0.3 is 9.47 Å². The Morgan fingerprint density at radius 2 is 1.84 bits per heavy atom. The molecule has 8 heteroatoms. The van der Waals surface area contributed by atoms with Gasteiger partial charge in [0.2, 0.25) is 5.95 Å². The summed E-state index contributed by atoms with van der Waals surface area (Å²) in [5, 5.41) is 0.685. The van der Waals surface area contributed by atoms with Crippen molar-refractivity contribution in [2.24, 2.45) is 7.05 Å². The van der Waals surface area contributed by atoms with Crippen molar-refractivity contribution in [1.82, 2.24) is 18.7 Å². The highest BCUT2D eigenvalue weighted by Crippen LogP contribution is 2.33. The van der Waals surface area contributed by atoms with Crippen LogP contribution in [0.1, 0.15) is 17.5 Å². The lowest BCUT2D eigenvalue weighted by atomic mass is 10.1. The summed E-state index contributed by atoms with van der Waals surface area (Å²) in [6, 6.07) is 16.0. The maximum absolute atomic E-state index is 13.4. The smallest absolute Gasteiger partial charge is 0.310 e. The van der Waals surface area contributed by atoms with Crippen LogP contribution in [-0.2, 0) is 26.6 Å². The average Bonchev–Trinajstić information content (AvgIpc) is 3.37. The number of halogens is 1. The van der Waals surface area contributed by atoms with Crippen LogP contribution in [0.2, 0.25) is 5.02 Å². The van der Waals surface area contributed by atoms with Gasteiger partial charge in [0.1, 0.15) is 0 Å². The monoisotopic (exact) mass is 449 g/mol. The van der Waals surface area contributed by atoms with E-state index in [1.165, 1.54) is 14.7 Å². The molecule has 164 valence electrons. The van der Waals surface area contributed by atoms with Crippen LogP contribution in [0.3, 0.4) is 0 Å². The van der Waals surface area contributed by atoms with E-state index in [9.17, 15) is 9.59 Å². The number of benzene rings is 2. The van der Waals surface area contributed by atoms with E-state index in [1.807, 2.05) is 52.8 Å². The van der Waals surface area contributed by atoms with Crippen LogP contribution in [0, 0.1) is 6.92 Å². The maximum atomic E-state index is 13.4. The number of nitrogens with zero attached hydrogens (tertiary/aromatic N) is 5. The van der Waals surface area contributed by atoms with Gasteiger partial charge in [0, 0.05) is 37.4 Å². The molecule has 0 atom stereocenters. The van der Waals surface area contributed by atoms with Crippen LogP contribution in [0.25, 0.3) is 11.2 Å². The van der Waals surface area contributed by atoms with Gasteiger partial charge in [0.15, 0.2) is 11.2 Å². The third kappa shape index (κ3) is 3.33. The van der Waals surface area contributed by atoms with E-state index in [0.29, 0.717) is 48.2 Å². The number of aryl methyl sites for hydroxylation is 3. The first kappa shape index (κ1) is 20.6. The second-order valence-corrected chi connectivity index (χ2v) is 8.62. The predicted molar refractivity (Wildman–Crippen MR) is 127 cm³/mol. The molecule has 0 fully saturated rings. The van der Waals surface area contributed by atoms with E-state index >= 15 is 0 Å². The number of hydrogen-bond donors (Lipinski definition) is 0. The van der Waals surface area contributed by atoms with E-state index in [4.69, 9.17) is 11.6 Å². The van der Waals surface area contributed by atoms with Gasteiger partial charge in [-0.15, -0.1) is 0 Å². The number of imidazole rings is 1. The first-order chi connectivity index (χ1) is 15.5. The molecule has 7 nitrogen and oxygen atoms in total. The van der Waals surface area contributed by atoms with Gasteiger partial charge in [0.05, 0.1) is 0 Å². The quantitative estimate of drug-likeness (QED) is 0.466. The topological polar surface area (TPSA) is 65.1 Å². The third-order valence-corrected chi connectivity index (χ3v) is 6.57. The first-order valence-corrected chi connectivity index (χ1v) is 11.1. The Morgan fingerprint density at radius 1 is 1.06 bits per heavy atom. The van der Waals surface area contributed by atoms with E-state index in [1.54, 1.807) is 7.05 Å². The van der Waals surface area contributed by atoms with Crippen molar-refractivity contribution >= 4 is 34.4 Å². The summed E-state index contributed by atoms with van der Waals surface area (Å²) in [5.41, 5.74) is 3.39. The number of rotatable bonds is 5. The lowest BCUT2D eigenvalue weighted by Gasteiger charge is -2.16. The van der Waals surface area contributed by atoms with Crippen molar-refractivity contribution in [1.29, 1.82) is 0 Å². The van der Waals surface area contributed by atoms with Gasteiger partial charge in [-0.1, -0.05) is 48.0 Å². The molecule has 1 aliphatic heterocycles. The molecule has 0 spiro atoms. The zero-order chi connectivity index (χ0) is 22.4. The molecule has 0 bridgehead atoms. The summed E-state index contributed by atoms with van der Waals surface area (Å²) in [4.78, 5) is 33.0. The summed E-state index contributed by atoms with van der Waals surface area (Å²) in [7, 11) is 1.67. The van der Waals surface area contributed by atoms with Gasteiger partial charge in [-0.05, 0) is 43.0 Å². The van der Waals surface area contributed by atoms with E-state index in [0.717, 1.165) is 17.7 Å². The normalized spacial score (nSPS) is 13.2. The lowest BCUT2D eigenvalue weighted by molar-refractivity contribution is 0.570. The number of fused-ring (bicyclic) bond motifs is 3. The van der Waals surface area contributed by atoms with Gasteiger partial charge in [-0.25, -0.2) is 4.79 Å². The summed E-state index contributed by atoms with van der Waals surface area (Å²) in [5.74, 6) is 0.661. The Labute approximate surface area is 190 Å². The van der Waals surface area contributed by atoms with Crippen molar-refractivity contribution in [2.45, 2.75) is 32.9 Å². The Balaban J connectivity index is 1.53. The van der Waals surface area contributed by atoms with Crippen LogP contribution in [0.15, 0.2) is 58.1 Å². The molecule has 32 heavy (non-hydrogen) atoms. The van der Waals surface area contributed by atoms with Crippen LogP contribution in [-0.4, -0.2) is 25.2 Å². The minimum absolute atomic E-state index is 0.279. The van der Waals surface area contributed by atoms with Gasteiger partial charge in [0.25, 0.3) is 5.56 Å². The van der Waals surface area contributed by atoms with Crippen molar-refractivity contribution in [3.63, 3.8) is 0 Å². The SMILES string of the molecule is Cc1ccc(N2CCn3c2nc2c3c(=O)n(CCCc3ccccc3)c(=O)n2C)cc1Cl. The molecule has 0 saturated carbocycles. The molecule has 3 heterocycles. The predicted octanol–water partition coefficient (Wildman–Crippen LogP) is 3.64. The Hall–Kier alpha value is -3.32. The first-order valence-electron chi connectivity index (χ1n) is 10.7. The fourth-order valence-corrected chi connectivity index (χ4v) is 4.53. The van der Waals surface area contributed by atoms with Crippen molar-refractivity contribution in [2.75, 3.05) is 11.4 Å². The van der Waals surface area contributed by atoms with Crippen molar-refractivity contribution < 1.29 is 0 Å². The average molecular weight is 450 g/mol. The van der Waals surface area contributed by atoms with Crippen LogP contribution in [0.4, 0.5) is 11.6 Å². The molecule has 2 aromatic heterocycles. The minimum Gasteiger partial charge on any atom is -0.310 e. The van der Waals surface area contributed by atoms with Crippen LogP contribution < -0.4 is 16.1 Å². The summed E-state index contributed by atoms with van der Waals surface area (Å²) in [6.07, 6.45) is 1.51. The molecule has 0 radical (unpaired) electrons. The van der Waals surface area contributed by atoms with Crippen molar-refractivity contribution in [3.05, 3.63) is 85.5 Å². The summed E-state index contributed by atoms with van der Waals surface area (Å²) >= 11 is 6.33.